The van der Waals surface area contributed by atoms with Crippen molar-refractivity contribution in [1.82, 2.24) is 4.98 Å². The van der Waals surface area contributed by atoms with E-state index in [0.29, 0.717) is 22.6 Å². The van der Waals surface area contributed by atoms with Crippen molar-refractivity contribution < 1.29 is 13.9 Å². The maximum absolute atomic E-state index is 12.9. The van der Waals surface area contributed by atoms with E-state index in [1.165, 1.54) is 5.56 Å². The summed E-state index contributed by atoms with van der Waals surface area (Å²) in [5.74, 6) is 1.43. The van der Waals surface area contributed by atoms with Crippen LogP contribution >= 0.6 is 0 Å². The van der Waals surface area contributed by atoms with Crippen LogP contribution in [0.3, 0.4) is 0 Å². The molecule has 0 unspecified atom stereocenters. The predicted molar refractivity (Wildman–Crippen MR) is 127 cm³/mol. The van der Waals surface area contributed by atoms with Gasteiger partial charge in [-0.15, -0.1) is 0 Å². The molecule has 0 atom stereocenters. The molecule has 0 aliphatic carbocycles. The zero-order valence-corrected chi connectivity index (χ0v) is 17.9. The number of ether oxygens (including phenoxy) is 2. The molecular weight excluding hydrogens is 414 g/mol. The summed E-state index contributed by atoms with van der Waals surface area (Å²) < 4.78 is 16.6. The van der Waals surface area contributed by atoms with Crippen molar-refractivity contribution in [2.45, 2.75) is 6.92 Å². The second-order valence-corrected chi connectivity index (χ2v) is 8.05. The highest BCUT2D eigenvalue weighted by atomic mass is 16.7. The molecule has 1 aliphatic heterocycles. The normalized spacial score (nSPS) is 12.3. The number of nitrogens with zero attached hydrogens (tertiary/aromatic N) is 1. The third kappa shape index (κ3) is 3.53. The highest BCUT2D eigenvalue weighted by Crippen LogP contribution is 2.37. The van der Waals surface area contributed by atoms with Gasteiger partial charge in [0.15, 0.2) is 11.5 Å². The van der Waals surface area contributed by atoms with Gasteiger partial charge in [0.05, 0.1) is 17.0 Å². The highest BCUT2D eigenvalue weighted by Gasteiger charge is 2.17. The molecule has 5 nitrogen and oxygen atoms in total. The average molecular weight is 433 g/mol. The largest absolute Gasteiger partial charge is 0.454 e. The van der Waals surface area contributed by atoms with E-state index in [4.69, 9.17) is 18.9 Å². The van der Waals surface area contributed by atoms with E-state index in [-0.39, 0.29) is 6.79 Å². The Hall–Kier alpha value is -4.38. The van der Waals surface area contributed by atoms with Crippen molar-refractivity contribution in [3.63, 3.8) is 0 Å². The SMILES string of the molecule is Cc1ccc(-c2cc(-c3ccc4c(c3)OCO4)cc(-c3cc4ccccc4oc3=O)n2)cc1. The summed E-state index contributed by atoms with van der Waals surface area (Å²) in [5, 5.41) is 0.847. The van der Waals surface area contributed by atoms with E-state index in [0.717, 1.165) is 33.5 Å². The van der Waals surface area contributed by atoms with E-state index in [1.807, 2.05) is 85.8 Å². The Morgan fingerprint density at radius 2 is 1.48 bits per heavy atom. The molecule has 1 aliphatic rings. The first-order valence-corrected chi connectivity index (χ1v) is 10.7. The van der Waals surface area contributed by atoms with Gasteiger partial charge in [-0.1, -0.05) is 54.1 Å². The fraction of sp³-hybridized carbons (Fsp3) is 0.0714. The fourth-order valence-corrected chi connectivity index (χ4v) is 4.02. The molecule has 0 saturated heterocycles. The lowest BCUT2D eigenvalue weighted by Crippen LogP contribution is -2.04. The van der Waals surface area contributed by atoms with Gasteiger partial charge < -0.3 is 13.9 Å². The Bertz CT molecular complexity index is 1570. The minimum atomic E-state index is -0.418. The number of para-hydroxylation sites is 1. The van der Waals surface area contributed by atoms with Gasteiger partial charge in [0.2, 0.25) is 6.79 Å². The second kappa shape index (κ2) is 7.64. The van der Waals surface area contributed by atoms with Gasteiger partial charge in [-0.2, -0.15) is 0 Å². The first kappa shape index (κ1) is 19.3. The third-order valence-corrected chi connectivity index (χ3v) is 5.80. The van der Waals surface area contributed by atoms with Crippen molar-refractivity contribution in [3.8, 4) is 45.1 Å². The lowest BCUT2D eigenvalue weighted by Gasteiger charge is -2.11. The van der Waals surface area contributed by atoms with Gasteiger partial charge in [0.1, 0.15) is 5.58 Å². The summed E-state index contributed by atoms with van der Waals surface area (Å²) in [5.41, 5.74) is 5.88. The smallest absolute Gasteiger partial charge is 0.345 e. The fourth-order valence-electron chi connectivity index (χ4n) is 4.02. The summed E-state index contributed by atoms with van der Waals surface area (Å²) in [6.07, 6.45) is 0. The minimum absolute atomic E-state index is 0.215. The van der Waals surface area contributed by atoms with Crippen LogP contribution in [-0.4, -0.2) is 11.8 Å². The molecule has 0 N–H and O–H groups in total. The van der Waals surface area contributed by atoms with Crippen LogP contribution in [0.1, 0.15) is 5.56 Å². The Kier molecular flexibility index (Phi) is 4.47. The number of fused-ring (bicyclic) bond motifs is 2. The monoisotopic (exact) mass is 433 g/mol. The summed E-state index contributed by atoms with van der Waals surface area (Å²) in [6, 6.07) is 27.2. The standard InChI is InChI=1S/C28H19NO4/c1-17-6-8-18(9-7-17)23-13-21(19-10-11-26-27(15-19)32-16-31-26)14-24(29-23)22-12-20-4-2-3-5-25(20)33-28(22)30/h2-15H,16H2,1H3. The van der Waals surface area contributed by atoms with Crippen LogP contribution in [0.2, 0.25) is 0 Å². The van der Waals surface area contributed by atoms with E-state index in [9.17, 15) is 4.79 Å². The maximum Gasteiger partial charge on any atom is 0.345 e. The van der Waals surface area contributed by atoms with Gasteiger partial charge in [-0.05, 0) is 54.4 Å². The number of hydrogen-bond donors (Lipinski definition) is 0. The molecule has 3 heterocycles. The van der Waals surface area contributed by atoms with E-state index in [1.54, 1.807) is 6.07 Å². The number of benzene rings is 3. The molecular formula is C28H19NO4. The summed E-state index contributed by atoms with van der Waals surface area (Å²) in [4.78, 5) is 17.7. The van der Waals surface area contributed by atoms with Crippen molar-refractivity contribution >= 4 is 11.0 Å². The lowest BCUT2D eigenvalue weighted by molar-refractivity contribution is 0.174. The molecule has 33 heavy (non-hydrogen) atoms. The Labute approximate surface area is 189 Å². The first-order chi connectivity index (χ1) is 16.1. The van der Waals surface area contributed by atoms with Crippen LogP contribution in [0.25, 0.3) is 44.6 Å². The lowest BCUT2D eigenvalue weighted by atomic mass is 9.99. The second-order valence-electron chi connectivity index (χ2n) is 8.05. The molecule has 160 valence electrons. The summed E-state index contributed by atoms with van der Waals surface area (Å²) in [6.45, 7) is 2.26. The van der Waals surface area contributed by atoms with Gasteiger partial charge in [0.25, 0.3) is 0 Å². The van der Waals surface area contributed by atoms with Gasteiger partial charge in [-0.3, -0.25) is 0 Å². The molecule has 0 amide bonds. The topological polar surface area (TPSA) is 61.6 Å². The molecule has 0 fully saturated rings. The van der Waals surface area contributed by atoms with Gasteiger partial charge in [0, 0.05) is 10.9 Å². The van der Waals surface area contributed by atoms with Crippen LogP contribution in [0.5, 0.6) is 11.5 Å². The Balaban J connectivity index is 1.57. The van der Waals surface area contributed by atoms with Crippen LogP contribution in [0.4, 0.5) is 0 Å². The molecule has 0 spiro atoms. The van der Waals surface area contributed by atoms with Crippen LogP contribution < -0.4 is 15.1 Å². The zero-order valence-electron chi connectivity index (χ0n) is 17.9. The molecule has 0 radical (unpaired) electrons. The number of rotatable bonds is 3. The van der Waals surface area contributed by atoms with E-state index in [2.05, 4.69) is 0 Å². The highest BCUT2D eigenvalue weighted by molar-refractivity contribution is 5.83. The first-order valence-electron chi connectivity index (χ1n) is 10.7. The van der Waals surface area contributed by atoms with Gasteiger partial charge in [-0.25, -0.2) is 9.78 Å². The average Bonchev–Trinajstić information content (AvgIpc) is 3.32. The molecule has 0 saturated carbocycles. The van der Waals surface area contributed by atoms with Crippen molar-refractivity contribution in [2.75, 3.05) is 6.79 Å². The van der Waals surface area contributed by atoms with Gasteiger partial charge >= 0.3 is 5.63 Å². The Morgan fingerprint density at radius 1 is 0.727 bits per heavy atom. The molecule has 0 bridgehead atoms. The predicted octanol–water partition coefficient (Wildman–Crippen LogP) is 6.23. The quantitative estimate of drug-likeness (QED) is 0.316. The number of hydrogen-bond acceptors (Lipinski definition) is 5. The molecule has 2 aromatic heterocycles. The number of aryl methyl sites for hydroxylation is 1. The third-order valence-electron chi connectivity index (χ3n) is 5.80. The van der Waals surface area contributed by atoms with Crippen molar-refractivity contribution in [3.05, 3.63) is 101 Å². The van der Waals surface area contributed by atoms with Crippen molar-refractivity contribution in [1.29, 1.82) is 0 Å². The van der Waals surface area contributed by atoms with E-state index >= 15 is 0 Å². The molecule has 3 aromatic carbocycles. The van der Waals surface area contributed by atoms with Crippen LogP contribution in [-0.2, 0) is 0 Å². The molecule has 6 rings (SSSR count). The summed E-state index contributed by atoms with van der Waals surface area (Å²) >= 11 is 0. The van der Waals surface area contributed by atoms with Crippen molar-refractivity contribution in [2.24, 2.45) is 0 Å². The summed E-state index contributed by atoms with van der Waals surface area (Å²) in [7, 11) is 0. The number of aromatic nitrogens is 1. The maximum atomic E-state index is 12.9. The zero-order chi connectivity index (χ0) is 22.4. The van der Waals surface area contributed by atoms with Crippen LogP contribution in [0.15, 0.2) is 94.1 Å². The minimum Gasteiger partial charge on any atom is -0.454 e. The van der Waals surface area contributed by atoms with Crippen LogP contribution in [0, 0.1) is 6.92 Å². The van der Waals surface area contributed by atoms with E-state index < -0.39 is 5.63 Å². The molecule has 5 aromatic rings. The number of pyridine rings is 1. The Morgan fingerprint density at radius 3 is 2.36 bits per heavy atom. The molecule has 5 heteroatoms.